The molecule has 0 amide bonds. The maximum absolute atomic E-state index is 5.70. The first kappa shape index (κ1) is 26.4. The predicted octanol–water partition coefficient (Wildman–Crippen LogP) is 3.71. The molecule has 6 nitrogen and oxygen atoms in total. The van der Waals surface area contributed by atoms with Crippen molar-refractivity contribution in [2.45, 2.75) is 33.5 Å². The molecule has 0 aromatic heterocycles. The number of ether oxygens (including phenoxy) is 1. The number of halogens is 1. The van der Waals surface area contributed by atoms with Crippen molar-refractivity contribution in [2.75, 3.05) is 46.4 Å². The summed E-state index contributed by atoms with van der Waals surface area (Å²) in [6.07, 6.45) is 0. The van der Waals surface area contributed by atoms with E-state index in [1.165, 1.54) is 24.2 Å². The number of hydrogen-bond donors (Lipinski definition) is 2. The van der Waals surface area contributed by atoms with Crippen LogP contribution in [-0.4, -0.2) is 62.1 Å². The van der Waals surface area contributed by atoms with Gasteiger partial charge in [0.15, 0.2) is 5.96 Å². The van der Waals surface area contributed by atoms with Crippen LogP contribution in [0.2, 0.25) is 0 Å². The zero-order chi connectivity index (χ0) is 21.9. The summed E-state index contributed by atoms with van der Waals surface area (Å²) in [6, 6.07) is 17.0. The van der Waals surface area contributed by atoms with Crippen LogP contribution in [-0.2, 0) is 19.6 Å². The van der Waals surface area contributed by atoms with E-state index in [1.54, 1.807) is 7.05 Å². The number of likely N-dealkylation sites (N-methyl/N-ethyl adjacent to an activating group) is 1. The lowest BCUT2D eigenvalue weighted by molar-refractivity contribution is 0.132. The van der Waals surface area contributed by atoms with E-state index in [0.29, 0.717) is 13.2 Å². The molecule has 1 fully saturated rings. The van der Waals surface area contributed by atoms with Crippen LogP contribution >= 0.6 is 24.0 Å². The van der Waals surface area contributed by atoms with Crippen molar-refractivity contribution in [3.05, 3.63) is 65.2 Å². The van der Waals surface area contributed by atoms with Gasteiger partial charge in [0.05, 0.1) is 6.61 Å². The minimum Gasteiger partial charge on any atom is -0.494 e. The number of para-hydroxylation sites is 1. The molecule has 0 bridgehead atoms. The van der Waals surface area contributed by atoms with Gasteiger partial charge in [0.2, 0.25) is 0 Å². The number of aliphatic imine (C=N–C) groups is 1. The first-order valence-electron chi connectivity index (χ1n) is 11.4. The van der Waals surface area contributed by atoms with Crippen LogP contribution in [0.3, 0.4) is 0 Å². The lowest BCUT2D eigenvalue weighted by atomic mass is 10.1. The van der Waals surface area contributed by atoms with Crippen molar-refractivity contribution in [1.82, 2.24) is 20.4 Å². The summed E-state index contributed by atoms with van der Waals surface area (Å²) in [5.41, 5.74) is 3.75. The molecule has 1 aliphatic rings. The van der Waals surface area contributed by atoms with Crippen LogP contribution < -0.4 is 15.4 Å². The first-order valence-corrected chi connectivity index (χ1v) is 11.4. The summed E-state index contributed by atoms with van der Waals surface area (Å²) in [6.45, 7) is 13.2. The zero-order valence-electron chi connectivity index (χ0n) is 19.6. The number of piperazine rings is 1. The molecule has 0 unspecified atom stereocenters. The highest BCUT2D eigenvalue weighted by Crippen LogP contribution is 2.17. The molecule has 176 valence electrons. The zero-order valence-corrected chi connectivity index (χ0v) is 22.0. The SMILES string of the molecule is CCOc1ccccc1CNC(=NC)NCc1ccc(CN2CCN(CC)CC2)cc1.I. The fraction of sp³-hybridized carbons (Fsp3) is 0.480. The first-order chi connectivity index (χ1) is 15.2. The van der Waals surface area contributed by atoms with E-state index in [0.717, 1.165) is 50.0 Å². The topological polar surface area (TPSA) is 52.1 Å². The maximum atomic E-state index is 5.70. The minimum atomic E-state index is 0. The summed E-state index contributed by atoms with van der Waals surface area (Å²) in [5, 5.41) is 6.78. The Bertz CT molecular complexity index is 819. The van der Waals surface area contributed by atoms with Crippen molar-refractivity contribution in [3.63, 3.8) is 0 Å². The Morgan fingerprint density at radius 1 is 0.875 bits per heavy atom. The van der Waals surface area contributed by atoms with Gasteiger partial charge < -0.3 is 20.3 Å². The van der Waals surface area contributed by atoms with Gasteiger partial charge in [-0.3, -0.25) is 9.89 Å². The van der Waals surface area contributed by atoms with E-state index in [1.807, 2.05) is 25.1 Å². The average molecular weight is 552 g/mol. The molecule has 1 heterocycles. The monoisotopic (exact) mass is 551 g/mol. The van der Waals surface area contributed by atoms with E-state index >= 15 is 0 Å². The standard InChI is InChI=1S/C25H37N5O.HI/c1-4-29-14-16-30(17-15-29)20-22-12-10-21(11-13-22)18-27-25(26-3)28-19-23-8-6-7-9-24(23)31-5-2;/h6-13H,4-5,14-20H2,1-3H3,(H2,26,27,28);1H. The molecular weight excluding hydrogens is 513 g/mol. The van der Waals surface area contributed by atoms with Gasteiger partial charge in [-0.15, -0.1) is 24.0 Å². The van der Waals surface area contributed by atoms with E-state index in [4.69, 9.17) is 4.74 Å². The highest BCUT2D eigenvalue weighted by molar-refractivity contribution is 14.0. The van der Waals surface area contributed by atoms with Crippen LogP contribution in [0.1, 0.15) is 30.5 Å². The summed E-state index contributed by atoms with van der Waals surface area (Å²) < 4.78 is 5.70. The summed E-state index contributed by atoms with van der Waals surface area (Å²) in [7, 11) is 1.80. The van der Waals surface area contributed by atoms with E-state index in [2.05, 4.69) is 62.7 Å². The van der Waals surface area contributed by atoms with E-state index in [9.17, 15) is 0 Å². The summed E-state index contributed by atoms with van der Waals surface area (Å²) >= 11 is 0. The van der Waals surface area contributed by atoms with Gasteiger partial charge in [-0.2, -0.15) is 0 Å². The molecule has 32 heavy (non-hydrogen) atoms. The quantitative estimate of drug-likeness (QED) is 0.283. The van der Waals surface area contributed by atoms with Gasteiger partial charge in [-0.1, -0.05) is 49.4 Å². The molecule has 7 heteroatoms. The van der Waals surface area contributed by atoms with Crippen molar-refractivity contribution in [3.8, 4) is 5.75 Å². The lowest BCUT2D eigenvalue weighted by Gasteiger charge is -2.34. The van der Waals surface area contributed by atoms with Crippen molar-refractivity contribution < 1.29 is 4.74 Å². The van der Waals surface area contributed by atoms with Gasteiger partial charge in [-0.05, 0) is 30.7 Å². The van der Waals surface area contributed by atoms with Gasteiger partial charge in [0, 0.05) is 58.4 Å². The molecular formula is C25H38IN5O. The largest absolute Gasteiger partial charge is 0.494 e. The van der Waals surface area contributed by atoms with Gasteiger partial charge in [0.25, 0.3) is 0 Å². The molecule has 2 N–H and O–H groups in total. The van der Waals surface area contributed by atoms with E-state index in [-0.39, 0.29) is 24.0 Å². The molecule has 0 atom stereocenters. The van der Waals surface area contributed by atoms with Gasteiger partial charge >= 0.3 is 0 Å². The molecule has 2 aromatic rings. The predicted molar refractivity (Wildman–Crippen MR) is 144 cm³/mol. The van der Waals surface area contributed by atoms with Gasteiger partial charge in [0.1, 0.15) is 5.75 Å². The molecule has 2 aromatic carbocycles. The molecule has 0 spiro atoms. The highest BCUT2D eigenvalue weighted by atomic mass is 127. The Hall–Kier alpha value is -1.84. The van der Waals surface area contributed by atoms with Crippen LogP contribution in [0.25, 0.3) is 0 Å². The number of guanidine groups is 1. The van der Waals surface area contributed by atoms with Crippen molar-refractivity contribution in [1.29, 1.82) is 0 Å². The summed E-state index contributed by atoms with van der Waals surface area (Å²) in [4.78, 5) is 9.41. The fourth-order valence-corrected chi connectivity index (χ4v) is 3.82. The molecule has 0 radical (unpaired) electrons. The maximum Gasteiger partial charge on any atom is 0.191 e. The molecule has 1 aliphatic heterocycles. The van der Waals surface area contributed by atoms with Crippen molar-refractivity contribution in [2.24, 2.45) is 4.99 Å². The van der Waals surface area contributed by atoms with Gasteiger partial charge in [-0.25, -0.2) is 0 Å². The Morgan fingerprint density at radius 3 is 2.16 bits per heavy atom. The lowest BCUT2D eigenvalue weighted by Crippen LogP contribution is -2.45. The fourth-order valence-electron chi connectivity index (χ4n) is 3.82. The number of nitrogens with zero attached hydrogens (tertiary/aromatic N) is 3. The number of hydrogen-bond acceptors (Lipinski definition) is 4. The second kappa shape index (κ2) is 14.3. The average Bonchev–Trinajstić information content (AvgIpc) is 2.82. The normalized spacial score (nSPS) is 15.2. The summed E-state index contributed by atoms with van der Waals surface area (Å²) in [5.74, 6) is 1.70. The third-order valence-corrected chi connectivity index (χ3v) is 5.74. The Kier molecular flexibility index (Phi) is 11.8. The molecule has 1 saturated heterocycles. The van der Waals surface area contributed by atoms with Crippen LogP contribution in [0.5, 0.6) is 5.75 Å². The number of nitrogens with one attached hydrogen (secondary N) is 2. The van der Waals surface area contributed by atoms with Crippen molar-refractivity contribution >= 4 is 29.9 Å². The Morgan fingerprint density at radius 2 is 1.50 bits per heavy atom. The van der Waals surface area contributed by atoms with Crippen LogP contribution in [0.4, 0.5) is 0 Å². The smallest absolute Gasteiger partial charge is 0.191 e. The molecule has 3 rings (SSSR count). The third-order valence-electron chi connectivity index (χ3n) is 5.74. The third kappa shape index (κ3) is 8.26. The molecule has 0 aliphatic carbocycles. The second-order valence-corrected chi connectivity index (χ2v) is 7.85. The second-order valence-electron chi connectivity index (χ2n) is 7.85. The number of benzene rings is 2. The Balaban J connectivity index is 0.00000363. The van der Waals surface area contributed by atoms with Crippen LogP contribution in [0.15, 0.2) is 53.5 Å². The van der Waals surface area contributed by atoms with Crippen LogP contribution in [0, 0.1) is 0 Å². The Labute approximate surface area is 210 Å². The minimum absolute atomic E-state index is 0. The van der Waals surface area contributed by atoms with E-state index < -0.39 is 0 Å². The molecule has 0 saturated carbocycles. The highest BCUT2D eigenvalue weighted by Gasteiger charge is 2.15. The number of rotatable bonds is 9.